The van der Waals surface area contributed by atoms with Gasteiger partial charge in [0.2, 0.25) is 0 Å². The first-order valence-corrected chi connectivity index (χ1v) is 9.21. The van der Waals surface area contributed by atoms with E-state index in [4.69, 9.17) is 11.6 Å². The normalized spacial score (nSPS) is 19.9. The third-order valence-corrected chi connectivity index (χ3v) is 4.88. The summed E-state index contributed by atoms with van der Waals surface area (Å²) >= 11 is 5.98. The summed E-state index contributed by atoms with van der Waals surface area (Å²) in [5.74, 6) is 0.133. The van der Waals surface area contributed by atoms with E-state index in [1.807, 2.05) is 28.9 Å². The topological polar surface area (TPSA) is 59.0 Å². The third-order valence-electron chi connectivity index (χ3n) is 4.63. The summed E-state index contributed by atoms with van der Waals surface area (Å²) in [4.78, 5) is 12.8. The Morgan fingerprint density at radius 3 is 2.65 bits per heavy atom. The van der Waals surface area contributed by atoms with Crippen molar-refractivity contribution in [3.8, 4) is 5.69 Å². The maximum Gasteiger partial charge on any atom is 0.255 e. The fourth-order valence-electron chi connectivity index (χ4n) is 3.40. The molecule has 1 saturated heterocycles. The van der Waals surface area contributed by atoms with Crippen LogP contribution in [0.5, 0.6) is 0 Å². The largest absolute Gasteiger partial charge is 0.349 e. The highest BCUT2D eigenvalue weighted by Crippen LogP contribution is 2.24. The second-order valence-corrected chi connectivity index (χ2v) is 7.47. The fourth-order valence-corrected chi connectivity index (χ4v) is 3.53. The van der Waals surface area contributed by atoms with E-state index in [0.717, 1.165) is 30.8 Å². The average molecular weight is 397 g/mol. The predicted octanol–water partition coefficient (Wildman–Crippen LogP) is 3.94. The highest BCUT2D eigenvalue weighted by molar-refractivity contribution is 6.30. The number of hydrogen-bond donors (Lipinski definition) is 2. The van der Waals surface area contributed by atoms with Gasteiger partial charge in [-0.15, -0.1) is 12.4 Å². The molecule has 26 heavy (non-hydrogen) atoms. The Kier molecular flexibility index (Phi) is 7.09. The van der Waals surface area contributed by atoms with Crippen LogP contribution in [0.1, 0.15) is 55.6 Å². The first-order chi connectivity index (χ1) is 12.0. The number of piperidine rings is 1. The summed E-state index contributed by atoms with van der Waals surface area (Å²) in [6, 6.07) is 8.13. The molecular weight excluding hydrogens is 371 g/mol. The molecule has 7 heteroatoms. The zero-order chi connectivity index (χ0) is 18.0. The third kappa shape index (κ3) is 4.58. The molecule has 1 aromatic carbocycles. The SMILES string of the molecule is CC1CC(NC(=O)c2cnn(-c3ccc(Cl)cc3)c2C(C)C)CCN1.Cl. The molecule has 5 nitrogen and oxygen atoms in total. The molecule has 2 unspecified atom stereocenters. The Morgan fingerprint density at radius 2 is 2.04 bits per heavy atom. The van der Waals surface area contributed by atoms with Crippen LogP contribution in [0.2, 0.25) is 5.02 Å². The lowest BCUT2D eigenvalue weighted by Gasteiger charge is -2.28. The molecule has 2 N–H and O–H groups in total. The quantitative estimate of drug-likeness (QED) is 0.822. The van der Waals surface area contributed by atoms with Gasteiger partial charge in [0.05, 0.1) is 23.1 Å². The molecule has 1 aliphatic rings. The van der Waals surface area contributed by atoms with Crippen LogP contribution >= 0.6 is 24.0 Å². The van der Waals surface area contributed by atoms with Gasteiger partial charge in [-0.3, -0.25) is 4.79 Å². The standard InChI is InChI=1S/C19H25ClN4O.ClH/c1-12(2)18-17(19(25)23-15-8-9-21-13(3)10-15)11-22-24(18)16-6-4-14(20)5-7-16;/h4-7,11-13,15,21H,8-10H2,1-3H3,(H,23,25);1H. The zero-order valence-corrected chi connectivity index (χ0v) is 16.9. The van der Waals surface area contributed by atoms with Crippen LogP contribution in [0, 0.1) is 0 Å². The van der Waals surface area contributed by atoms with Gasteiger partial charge in [-0.2, -0.15) is 5.10 Å². The summed E-state index contributed by atoms with van der Waals surface area (Å²) in [5, 5.41) is 11.7. The number of benzene rings is 1. The predicted molar refractivity (Wildman–Crippen MR) is 108 cm³/mol. The lowest BCUT2D eigenvalue weighted by molar-refractivity contribution is 0.0924. The van der Waals surface area contributed by atoms with E-state index in [1.54, 1.807) is 6.20 Å². The van der Waals surface area contributed by atoms with Gasteiger partial charge in [-0.25, -0.2) is 4.68 Å². The van der Waals surface area contributed by atoms with Gasteiger partial charge in [0.25, 0.3) is 5.91 Å². The van der Waals surface area contributed by atoms with Gasteiger partial charge in [0.15, 0.2) is 0 Å². The monoisotopic (exact) mass is 396 g/mol. The van der Waals surface area contributed by atoms with Gasteiger partial charge in [0, 0.05) is 17.1 Å². The molecule has 142 valence electrons. The van der Waals surface area contributed by atoms with E-state index >= 15 is 0 Å². The number of amides is 1. The number of carbonyl (C=O) groups is 1. The summed E-state index contributed by atoms with van der Waals surface area (Å²) in [5.41, 5.74) is 2.47. The minimum Gasteiger partial charge on any atom is -0.349 e. The molecule has 0 radical (unpaired) electrons. The van der Waals surface area contributed by atoms with Crippen LogP contribution in [0.15, 0.2) is 30.5 Å². The van der Waals surface area contributed by atoms with Crippen LogP contribution in [0.25, 0.3) is 5.69 Å². The fraction of sp³-hybridized carbons (Fsp3) is 0.474. The van der Waals surface area contributed by atoms with E-state index in [1.165, 1.54) is 0 Å². The molecule has 1 fully saturated rings. The number of nitrogens with zero attached hydrogens (tertiary/aromatic N) is 2. The number of halogens is 2. The molecule has 0 spiro atoms. The van der Waals surface area contributed by atoms with E-state index in [-0.39, 0.29) is 30.3 Å². The maximum absolute atomic E-state index is 12.8. The summed E-state index contributed by atoms with van der Waals surface area (Å²) in [6.45, 7) is 7.24. The van der Waals surface area contributed by atoms with Crippen LogP contribution < -0.4 is 10.6 Å². The molecular formula is C19H26Cl2N4O. The first-order valence-electron chi connectivity index (χ1n) is 8.83. The van der Waals surface area contributed by atoms with Crippen molar-refractivity contribution < 1.29 is 4.79 Å². The van der Waals surface area contributed by atoms with Crippen molar-refractivity contribution in [3.05, 3.63) is 46.7 Å². The van der Waals surface area contributed by atoms with Gasteiger partial charge in [0.1, 0.15) is 0 Å². The van der Waals surface area contributed by atoms with E-state index in [2.05, 4.69) is 36.5 Å². The maximum atomic E-state index is 12.8. The molecule has 1 aliphatic heterocycles. The number of nitrogens with one attached hydrogen (secondary N) is 2. The minimum atomic E-state index is -0.0389. The molecule has 2 aromatic rings. The molecule has 0 saturated carbocycles. The Balaban J connectivity index is 0.00000243. The second-order valence-electron chi connectivity index (χ2n) is 7.04. The van der Waals surface area contributed by atoms with Crippen LogP contribution in [0.4, 0.5) is 0 Å². The van der Waals surface area contributed by atoms with Crippen molar-refractivity contribution in [2.75, 3.05) is 6.54 Å². The lowest BCUT2D eigenvalue weighted by Crippen LogP contribution is -2.46. The van der Waals surface area contributed by atoms with Crippen LogP contribution in [-0.2, 0) is 0 Å². The zero-order valence-electron chi connectivity index (χ0n) is 15.3. The van der Waals surface area contributed by atoms with Gasteiger partial charge < -0.3 is 10.6 Å². The summed E-state index contributed by atoms with van der Waals surface area (Å²) in [7, 11) is 0. The molecule has 2 heterocycles. The second kappa shape index (κ2) is 8.89. The molecule has 1 amide bonds. The number of carbonyl (C=O) groups excluding carboxylic acids is 1. The Bertz CT molecular complexity index is 742. The van der Waals surface area contributed by atoms with Crippen molar-refractivity contribution in [3.63, 3.8) is 0 Å². The smallest absolute Gasteiger partial charge is 0.255 e. The molecule has 0 bridgehead atoms. The summed E-state index contributed by atoms with van der Waals surface area (Å²) < 4.78 is 1.83. The van der Waals surface area contributed by atoms with Gasteiger partial charge >= 0.3 is 0 Å². The van der Waals surface area contributed by atoms with E-state index in [0.29, 0.717) is 16.6 Å². The molecule has 2 atom stereocenters. The van der Waals surface area contributed by atoms with Crippen molar-refractivity contribution in [1.82, 2.24) is 20.4 Å². The Labute approximate surface area is 165 Å². The van der Waals surface area contributed by atoms with Crippen LogP contribution in [-0.4, -0.2) is 34.3 Å². The van der Waals surface area contributed by atoms with Gasteiger partial charge in [-0.1, -0.05) is 25.4 Å². The van der Waals surface area contributed by atoms with Crippen molar-refractivity contribution in [2.45, 2.75) is 51.6 Å². The van der Waals surface area contributed by atoms with Crippen molar-refractivity contribution >= 4 is 29.9 Å². The Morgan fingerprint density at radius 1 is 1.35 bits per heavy atom. The minimum absolute atomic E-state index is 0. The van der Waals surface area contributed by atoms with Gasteiger partial charge in [-0.05, 0) is 56.5 Å². The number of hydrogen-bond acceptors (Lipinski definition) is 3. The van der Waals surface area contributed by atoms with Crippen molar-refractivity contribution in [2.24, 2.45) is 0 Å². The first kappa shape index (κ1) is 20.7. The number of aromatic nitrogens is 2. The number of rotatable bonds is 4. The Hall–Kier alpha value is -1.56. The lowest BCUT2D eigenvalue weighted by atomic mass is 9.99. The average Bonchev–Trinajstić information content (AvgIpc) is 3.01. The molecule has 0 aliphatic carbocycles. The van der Waals surface area contributed by atoms with Crippen molar-refractivity contribution in [1.29, 1.82) is 0 Å². The van der Waals surface area contributed by atoms with E-state index in [9.17, 15) is 4.79 Å². The van der Waals surface area contributed by atoms with E-state index < -0.39 is 0 Å². The molecule has 1 aromatic heterocycles. The van der Waals surface area contributed by atoms with Crippen LogP contribution in [0.3, 0.4) is 0 Å². The highest BCUT2D eigenvalue weighted by atomic mass is 35.5. The highest BCUT2D eigenvalue weighted by Gasteiger charge is 2.25. The molecule has 3 rings (SSSR count). The summed E-state index contributed by atoms with van der Waals surface area (Å²) in [6.07, 6.45) is 3.58.